The van der Waals surface area contributed by atoms with Crippen LogP contribution >= 0.6 is 17.0 Å². The summed E-state index contributed by atoms with van der Waals surface area (Å²) in [6, 6.07) is 0. The van der Waals surface area contributed by atoms with Crippen molar-refractivity contribution >= 4 is 17.0 Å². The maximum Gasteiger partial charge on any atom is 0.120 e. The number of halogens is 1. The first-order valence-electron chi connectivity index (χ1n) is 5.56. The Morgan fingerprint density at radius 3 is 3.06 bits per heavy atom. The van der Waals surface area contributed by atoms with Gasteiger partial charge in [0.25, 0.3) is 0 Å². The lowest BCUT2D eigenvalue weighted by atomic mass is 9.79. The molecule has 1 unspecified atom stereocenters. The van der Waals surface area contributed by atoms with Gasteiger partial charge in [0.2, 0.25) is 0 Å². The van der Waals surface area contributed by atoms with Gasteiger partial charge in [-0.1, -0.05) is 18.2 Å². The molecule has 92 valence electrons. The summed E-state index contributed by atoms with van der Waals surface area (Å²) >= 11 is 0. The fourth-order valence-corrected chi connectivity index (χ4v) is 2.04. The molecule has 0 bridgehead atoms. The van der Waals surface area contributed by atoms with E-state index in [1.165, 1.54) is 5.70 Å². The summed E-state index contributed by atoms with van der Waals surface area (Å²) in [4.78, 5) is 7.52. The zero-order chi connectivity index (χ0) is 11.4. The highest BCUT2D eigenvalue weighted by Crippen LogP contribution is 2.33. The van der Waals surface area contributed by atoms with Crippen LogP contribution in [0.25, 0.3) is 0 Å². The maximum absolute atomic E-state index is 4.34. The maximum atomic E-state index is 4.34. The van der Waals surface area contributed by atoms with Crippen molar-refractivity contribution in [3.63, 3.8) is 0 Å². The van der Waals surface area contributed by atoms with Crippen molar-refractivity contribution in [2.24, 2.45) is 0 Å². The average Bonchev–Trinajstić information content (AvgIpc) is 2.84. The van der Waals surface area contributed by atoms with E-state index in [-0.39, 0.29) is 22.4 Å². The molecule has 0 amide bonds. The fraction of sp³-hybridized carbons (Fsp3) is 0.308. The molecule has 3 nitrogen and oxygen atoms in total. The van der Waals surface area contributed by atoms with E-state index in [1.807, 2.05) is 12.3 Å². The number of imidazole rings is 1. The molecular formula is C13H18BrN3. The summed E-state index contributed by atoms with van der Waals surface area (Å²) in [5, 5.41) is 3.36. The number of aromatic nitrogens is 2. The molecule has 17 heavy (non-hydrogen) atoms. The van der Waals surface area contributed by atoms with E-state index in [9.17, 15) is 0 Å². The minimum Gasteiger partial charge on any atom is -0.389 e. The Balaban J connectivity index is 0.00000144. The molecule has 1 aromatic rings. The molecule has 0 aromatic carbocycles. The number of nitrogens with zero attached hydrogens (tertiary/aromatic N) is 1. The molecule has 1 atom stereocenters. The zero-order valence-electron chi connectivity index (χ0n) is 9.94. The van der Waals surface area contributed by atoms with Crippen LogP contribution < -0.4 is 5.32 Å². The lowest BCUT2D eigenvalue weighted by Crippen LogP contribution is -2.29. The van der Waals surface area contributed by atoms with Crippen LogP contribution in [0.3, 0.4) is 0 Å². The SMILES string of the molecule is Br.C=CC1(c2ncc[nH]2)C=CC=C(NCC)C1. The third-order valence-corrected chi connectivity index (χ3v) is 2.88. The number of hydrogen-bond acceptors (Lipinski definition) is 2. The Hall–Kier alpha value is -1.29. The minimum absolute atomic E-state index is 0. The van der Waals surface area contributed by atoms with Crippen LogP contribution in [0.2, 0.25) is 0 Å². The quantitative estimate of drug-likeness (QED) is 0.839. The Labute approximate surface area is 112 Å². The molecule has 1 heterocycles. The topological polar surface area (TPSA) is 40.7 Å². The van der Waals surface area contributed by atoms with Crippen LogP contribution in [-0.2, 0) is 5.41 Å². The zero-order valence-corrected chi connectivity index (χ0v) is 11.7. The highest BCUT2D eigenvalue weighted by molar-refractivity contribution is 8.93. The molecule has 0 spiro atoms. The Kier molecular flexibility index (Phi) is 4.75. The van der Waals surface area contributed by atoms with E-state index in [0.29, 0.717) is 0 Å². The fourth-order valence-electron chi connectivity index (χ4n) is 2.04. The van der Waals surface area contributed by atoms with Crippen molar-refractivity contribution in [2.75, 3.05) is 6.54 Å². The van der Waals surface area contributed by atoms with Crippen LogP contribution in [0, 0.1) is 0 Å². The Morgan fingerprint density at radius 2 is 2.47 bits per heavy atom. The lowest BCUT2D eigenvalue weighted by molar-refractivity contribution is 0.583. The van der Waals surface area contributed by atoms with Crippen LogP contribution in [0.15, 0.2) is 49.0 Å². The second-order valence-electron chi connectivity index (χ2n) is 3.94. The number of hydrogen-bond donors (Lipinski definition) is 2. The van der Waals surface area contributed by atoms with Gasteiger partial charge in [-0.25, -0.2) is 4.98 Å². The molecule has 2 rings (SSSR count). The van der Waals surface area contributed by atoms with Gasteiger partial charge in [0, 0.05) is 31.1 Å². The van der Waals surface area contributed by atoms with Gasteiger partial charge in [-0.3, -0.25) is 0 Å². The number of allylic oxidation sites excluding steroid dienone is 5. The third kappa shape index (κ3) is 2.69. The molecule has 1 aromatic heterocycles. The molecule has 0 aliphatic heterocycles. The number of rotatable bonds is 4. The molecule has 0 radical (unpaired) electrons. The molecule has 0 saturated heterocycles. The molecule has 2 N–H and O–H groups in total. The normalized spacial score (nSPS) is 22.5. The smallest absolute Gasteiger partial charge is 0.120 e. The van der Waals surface area contributed by atoms with Crippen molar-refractivity contribution in [1.29, 1.82) is 0 Å². The van der Waals surface area contributed by atoms with Gasteiger partial charge in [0.1, 0.15) is 5.82 Å². The summed E-state index contributed by atoms with van der Waals surface area (Å²) in [7, 11) is 0. The Bertz CT molecular complexity index is 420. The highest BCUT2D eigenvalue weighted by Gasteiger charge is 2.31. The predicted octanol–water partition coefficient (Wildman–Crippen LogP) is 2.86. The van der Waals surface area contributed by atoms with Gasteiger partial charge in [0.15, 0.2) is 0 Å². The van der Waals surface area contributed by atoms with Gasteiger partial charge in [-0.2, -0.15) is 0 Å². The van der Waals surface area contributed by atoms with Crippen molar-refractivity contribution in [1.82, 2.24) is 15.3 Å². The first kappa shape index (κ1) is 13.8. The third-order valence-electron chi connectivity index (χ3n) is 2.88. The second-order valence-corrected chi connectivity index (χ2v) is 3.94. The molecule has 4 heteroatoms. The molecule has 0 fully saturated rings. The van der Waals surface area contributed by atoms with E-state index >= 15 is 0 Å². The predicted molar refractivity (Wildman–Crippen MR) is 76.3 cm³/mol. The first-order valence-corrected chi connectivity index (χ1v) is 5.56. The molecule has 0 saturated carbocycles. The summed E-state index contributed by atoms with van der Waals surface area (Å²) in [6.07, 6.45) is 12.8. The van der Waals surface area contributed by atoms with Crippen molar-refractivity contribution < 1.29 is 0 Å². The summed E-state index contributed by atoms with van der Waals surface area (Å²) in [5.41, 5.74) is 1.02. The number of nitrogens with one attached hydrogen (secondary N) is 2. The van der Waals surface area contributed by atoms with Crippen molar-refractivity contribution in [3.8, 4) is 0 Å². The van der Waals surface area contributed by atoms with Crippen molar-refractivity contribution in [2.45, 2.75) is 18.8 Å². The lowest BCUT2D eigenvalue weighted by Gasteiger charge is -2.29. The highest BCUT2D eigenvalue weighted by atomic mass is 79.9. The average molecular weight is 296 g/mol. The van der Waals surface area contributed by atoms with Crippen LogP contribution in [0.4, 0.5) is 0 Å². The van der Waals surface area contributed by atoms with Gasteiger partial charge in [-0.15, -0.1) is 23.6 Å². The molecular weight excluding hydrogens is 278 g/mol. The standard InChI is InChI=1S/C13H17N3.BrH/c1-3-13(12-15-8-9-16-12)7-5-6-11(10-13)14-4-2;/h3,5-9,14H,1,4,10H2,2H3,(H,15,16);1H. The number of aromatic amines is 1. The van der Waals surface area contributed by atoms with Crippen LogP contribution in [-0.4, -0.2) is 16.5 Å². The molecule has 1 aliphatic carbocycles. The Morgan fingerprint density at radius 1 is 1.65 bits per heavy atom. The van der Waals surface area contributed by atoms with Crippen LogP contribution in [0.5, 0.6) is 0 Å². The monoisotopic (exact) mass is 295 g/mol. The van der Waals surface area contributed by atoms with E-state index in [0.717, 1.165) is 18.8 Å². The number of H-pyrrole nitrogens is 1. The second kappa shape index (κ2) is 5.87. The molecule has 1 aliphatic rings. The summed E-state index contributed by atoms with van der Waals surface area (Å²) < 4.78 is 0. The van der Waals surface area contributed by atoms with Gasteiger partial charge < -0.3 is 10.3 Å². The van der Waals surface area contributed by atoms with Crippen LogP contribution in [0.1, 0.15) is 19.2 Å². The summed E-state index contributed by atoms with van der Waals surface area (Å²) in [6.45, 7) is 6.98. The van der Waals surface area contributed by atoms with Gasteiger partial charge in [-0.05, 0) is 13.0 Å². The largest absolute Gasteiger partial charge is 0.389 e. The van der Waals surface area contributed by atoms with E-state index in [1.54, 1.807) is 6.20 Å². The van der Waals surface area contributed by atoms with Gasteiger partial charge >= 0.3 is 0 Å². The minimum atomic E-state index is -0.199. The first-order chi connectivity index (χ1) is 7.80. The van der Waals surface area contributed by atoms with E-state index in [2.05, 4.69) is 47.0 Å². The van der Waals surface area contributed by atoms with E-state index < -0.39 is 0 Å². The van der Waals surface area contributed by atoms with E-state index in [4.69, 9.17) is 0 Å². The van der Waals surface area contributed by atoms with Crippen molar-refractivity contribution in [3.05, 3.63) is 54.8 Å². The summed E-state index contributed by atoms with van der Waals surface area (Å²) in [5.74, 6) is 0.947. The van der Waals surface area contributed by atoms with Gasteiger partial charge in [0.05, 0.1) is 5.41 Å².